The van der Waals surface area contributed by atoms with Gasteiger partial charge in [-0.3, -0.25) is 19.6 Å². The Kier molecular flexibility index (Phi) is 7.92. The maximum absolute atomic E-state index is 14.8. The molecule has 1 aliphatic heterocycles. The van der Waals surface area contributed by atoms with Gasteiger partial charge < -0.3 is 25.2 Å². The van der Waals surface area contributed by atoms with Crippen molar-refractivity contribution in [2.24, 2.45) is 5.92 Å². The minimum absolute atomic E-state index is 0.0149. The van der Waals surface area contributed by atoms with Gasteiger partial charge in [0.25, 0.3) is 5.91 Å². The molecule has 1 saturated carbocycles. The molecule has 41 heavy (non-hydrogen) atoms. The van der Waals surface area contributed by atoms with Crippen LogP contribution in [0.15, 0.2) is 61.1 Å². The Hall–Kier alpha value is -4.47. The molecule has 2 aromatic heterocycles. The Morgan fingerprint density at radius 3 is 2.78 bits per heavy atom. The lowest BCUT2D eigenvalue weighted by atomic mass is 10.0. The van der Waals surface area contributed by atoms with E-state index < -0.39 is 37.2 Å². The van der Waals surface area contributed by atoms with E-state index in [1.54, 1.807) is 30.6 Å². The van der Waals surface area contributed by atoms with Crippen LogP contribution in [0.3, 0.4) is 0 Å². The number of halogens is 2. The van der Waals surface area contributed by atoms with Crippen LogP contribution in [-0.2, 0) is 9.59 Å². The average molecular weight is 564 g/mol. The van der Waals surface area contributed by atoms with E-state index in [4.69, 9.17) is 9.84 Å². The van der Waals surface area contributed by atoms with Gasteiger partial charge in [0, 0.05) is 48.7 Å². The fourth-order valence-corrected chi connectivity index (χ4v) is 4.92. The number of aliphatic hydroxyl groups is 2. The van der Waals surface area contributed by atoms with Gasteiger partial charge >= 0.3 is 5.92 Å². The quantitative estimate of drug-likeness (QED) is 0.379. The van der Waals surface area contributed by atoms with Crippen molar-refractivity contribution in [1.29, 1.82) is 5.26 Å². The van der Waals surface area contributed by atoms with Crippen molar-refractivity contribution in [2.45, 2.75) is 36.9 Å². The third kappa shape index (κ3) is 6.16. The number of aliphatic hydroxyl groups excluding tert-OH is 2. The van der Waals surface area contributed by atoms with Crippen molar-refractivity contribution in [3.63, 3.8) is 0 Å². The van der Waals surface area contributed by atoms with Gasteiger partial charge in [0.2, 0.25) is 5.91 Å². The number of nitriles is 1. The summed E-state index contributed by atoms with van der Waals surface area (Å²) in [5.41, 5.74) is 2.55. The zero-order valence-electron chi connectivity index (χ0n) is 21.8. The highest BCUT2D eigenvalue weighted by Crippen LogP contribution is 2.47. The normalized spacial score (nSPS) is 21.8. The van der Waals surface area contributed by atoms with Crippen LogP contribution in [0.5, 0.6) is 5.75 Å². The lowest BCUT2D eigenvalue weighted by Gasteiger charge is -2.38. The predicted octanol–water partition coefficient (Wildman–Crippen LogP) is 2.73. The fourth-order valence-electron chi connectivity index (χ4n) is 4.92. The number of nitrogens with one attached hydrogen (secondary N) is 1. The molecule has 2 aliphatic rings. The third-order valence-corrected chi connectivity index (χ3v) is 7.24. The highest BCUT2D eigenvalue weighted by Gasteiger charge is 2.48. The number of hydrogen-bond donors (Lipinski definition) is 3. The first-order valence-corrected chi connectivity index (χ1v) is 13.0. The number of nitrogens with zero attached hydrogens (tertiary/aromatic N) is 4. The second-order valence-corrected chi connectivity index (χ2v) is 10.1. The van der Waals surface area contributed by atoms with E-state index in [0.717, 1.165) is 16.9 Å². The van der Waals surface area contributed by atoms with E-state index in [2.05, 4.69) is 15.3 Å². The van der Waals surface area contributed by atoms with Crippen LogP contribution in [0.2, 0.25) is 0 Å². The molecule has 212 valence electrons. The van der Waals surface area contributed by atoms with E-state index in [0.29, 0.717) is 16.9 Å². The Bertz CT molecular complexity index is 1480. The SMILES string of the molecule is N#Cc1cc(-c2cc(NC(=O)C3C[C@@H]3c3cccnc3)ccn2)ccc1O[C@H]1CCN(C(=O)[C@@H](O)CO)CC1(F)F. The van der Waals surface area contributed by atoms with Crippen molar-refractivity contribution in [2.75, 3.05) is 25.0 Å². The lowest BCUT2D eigenvalue weighted by Crippen LogP contribution is -2.57. The largest absolute Gasteiger partial charge is 0.483 e. The smallest absolute Gasteiger partial charge is 0.301 e. The summed E-state index contributed by atoms with van der Waals surface area (Å²) in [5.74, 6) is -4.62. The summed E-state index contributed by atoms with van der Waals surface area (Å²) in [6, 6.07) is 13.5. The van der Waals surface area contributed by atoms with Gasteiger partial charge in [0.1, 0.15) is 11.8 Å². The first-order valence-electron chi connectivity index (χ1n) is 13.0. The third-order valence-electron chi connectivity index (χ3n) is 7.24. The number of carbonyl (C=O) groups is 2. The first kappa shape index (κ1) is 28.1. The molecule has 4 atom stereocenters. The molecular formula is C29H27F2N5O5. The monoisotopic (exact) mass is 563 g/mol. The second-order valence-electron chi connectivity index (χ2n) is 10.1. The van der Waals surface area contributed by atoms with Crippen molar-refractivity contribution in [1.82, 2.24) is 14.9 Å². The number of aromatic nitrogens is 2. The molecule has 1 unspecified atom stereocenters. The molecule has 1 aromatic carbocycles. The van der Waals surface area contributed by atoms with Gasteiger partial charge in [0.05, 0.1) is 24.4 Å². The number of carbonyl (C=O) groups excluding carboxylic acids is 2. The summed E-state index contributed by atoms with van der Waals surface area (Å²) in [4.78, 5) is 34.0. The predicted molar refractivity (Wildman–Crippen MR) is 142 cm³/mol. The van der Waals surface area contributed by atoms with E-state index in [-0.39, 0.29) is 42.0 Å². The summed E-state index contributed by atoms with van der Waals surface area (Å²) in [5, 5.41) is 31.1. The molecule has 3 heterocycles. The molecule has 2 fully saturated rings. The number of rotatable bonds is 8. The van der Waals surface area contributed by atoms with Gasteiger partial charge in [-0.15, -0.1) is 0 Å². The average Bonchev–Trinajstić information content (AvgIpc) is 3.79. The molecule has 3 aromatic rings. The number of alkyl halides is 2. The molecule has 1 aliphatic carbocycles. The molecule has 0 bridgehead atoms. The number of hydrogen-bond acceptors (Lipinski definition) is 8. The molecule has 0 radical (unpaired) electrons. The number of anilines is 1. The van der Waals surface area contributed by atoms with Crippen LogP contribution in [0.25, 0.3) is 11.3 Å². The molecule has 5 rings (SSSR count). The number of piperidine rings is 1. The summed E-state index contributed by atoms with van der Waals surface area (Å²) >= 11 is 0. The molecule has 0 spiro atoms. The van der Waals surface area contributed by atoms with E-state index in [1.165, 1.54) is 18.3 Å². The van der Waals surface area contributed by atoms with E-state index in [1.807, 2.05) is 18.2 Å². The maximum Gasteiger partial charge on any atom is 0.301 e. The lowest BCUT2D eigenvalue weighted by molar-refractivity contribution is -0.167. The Balaban J connectivity index is 1.25. The minimum Gasteiger partial charge on any atom is -0.483 e. The summed E-state index contributed by atoms with van der Waals surface area (Å²) in [7, 11) is 0. The van der Waals surface area contributed by atoms with Crippen molar-refractivity contribution < 1.29 is 33.3 Å². The maximum atomic E-state index is 14.8. The van der Waals surface area contributed by atoms with E-state index in [9.17, 15) is 28.7 Å². The van der Waals surface area contributed by atoms with Gasteiger partial charge in [-0.2, -0.15) is 5.26 Å². The second kappa shape index (κ2) is 11.6. The van der Waals surface area contributed by atoms with Crippen LogP contribution >= 0.6 is 0 Å². The zero-order valence-corrected chi connectivity index (χ0v) is 21.8. The number of ether oxygens (including phenoxy) is 1. The highest BCUT2D eigenvalue weighted by molar-refractivity contribution is 5.95. The number of amides is 2. The topological polar surface area (TPSA) is 149 Å². The molecule has 3 N–H and O–H groups in total. The zero-order chi connectivity index (χ0) is 29.1. The molecule has 12 heteroatoms. The molecule has 1 saturated heterocycles. The van der Waals surface area contributed by atoms with Gasteiger partial charge in [0.15, 0.2) is 12.2 Å². The van der Waals surface area contributed by atoms with E-state index >= 15 is 0 Å². The van der Waals surface area contributed by atoms with Crippen molar-refractivity contribution in [3.8, 4) is 23.1 Å². The first-order chi connectivity index (χ1) is 19.7. The van der Waals surface area contributed by atoms with Crippen LogP contribution in [-0.4, -0.2) is 74.7 Å². The van der Waals surface area contributed by atoms with Crippen LogP contribution in [0.1, 0.15) is 29.9 Å². The van der Waals surface area contributed by atoms with Crippen LogP contribution < -0.4 is 10.1 Å². The summed E-state index contributed by atoms with van der Waals surface area (Å²) in [6.07, 6.45) is 2.10. The van der Waals surface area contributed by atoms with Crippen molar-refractivity contribution >= 4 is 17.5 Å². The van der Waals surface area contributed by atoms with Crippen molar-refractivity contribution in [3.05, 3.63) is 72.2 Å². The molecule has 10 nitrogen and oxygen atoms in total. The number of pyridine rings is 2. The van der Waals surface area contributed by atoms with Gasteiger partial charge in [-0.05, 0) is 54.3 Å². The minimum atomic E-state index is -3.46. The fraction of sp³-hybridized carbons (Fsp3) is 0.345. The molecular weight excluding hydrogens is 536 g/mol. The van der Waals surface area contributed by atoms with Gasteiger partial charge in [-0.1, -0.05) is 6.07 Å². The number of benzene rings is 1. The Morgan fingerprint density at radius 1 is 1.24 bits per heavy atom. The number of likely N-dealkylation sites (tertiary alicyclic amines) is 1. The molecule has 2 amide bonds. The van der Waals surface area contributed by atoms with Gasteiger partial charge in [-0.25, -0.2) is 8.78 Å². The van der Waals surface area contributed by atoms with Crippen LogP contribution in [0.4, 0.5) is 14.5 Å². The Labute approximate surface area is 234 Å². The standard InChI is InChI=1S/C29H27F2N5O5/c30-29(31)16-36(28(40)24(38)15-37)9-6-26(29)41-25-4-3-17(10-19(25)13-32)23-11-20(5-8-34-23)35-27(39)22-12-21(22)18-2-1-7-33-14-18/h1-5,7-8,10-11,14,21-22,24,26,37-38H,6,9,12,15-16H2,(H,34,35,39)/t21-,22?,24+,26+/m1/s1. The highest BCUT2D eigenvalue weighted by atomic mass is 19.3. The Morgan fingerprint density at radius 2 is 2.07 bits per heavy atom. The summed E-state index contributed by atoms with van der Waals surface area (Å²) in [6.45, 7) is -1.96. The van der Waals surface area contributed by atoms with Crippen LogP contribution in [0, 0.1) is 17.2 Å². The summed E-state index contributed by atoms with van der Waals surface area (Å²) < 4.78 is 35.2.